The van der Waals surface area contributed by atoms with Crippen molar-refractivity contribution in [2.75, 3.05) is 0 Å². The minimum absolute atomic E-state index is 0.274. The SMILES string of the molecule is NC(=O)c1ccccc1C12CCC(CC1)C2. The highest BCUT2D eigenvalue weighted by Gasteiger charge is 2.46. The molecule has 2 fully saturated rings. The van der Waals surface area contributed by atoms with Crippen molar-refractivity contribution in [2.24, 2.45) is 11.7 Å². The molecule has 2 bridgehead atoms. The quantitative estimate of drug-likeness (QED) is 0.809. The number of hydrogen-bond donors (Lipinski definition) is 1. The summed E-state index contributed by atoms with van der Waals surface area (Å²) in [4.78, 5) is 11.5. The number of hydrogen-bond acceptors (Lipinski definition) is 1. The maximum Gasteiger partial charge on any atom is 0.248 e. The van der Waals surface area contributed by atoms with E-state index in [1.165, 1.54) is 37.7 Å². The number of carbonyl (C=O) groups excluding carboxylic acids is 1. The molecular formula is C14H17NO. The normalized spacial score (nSPS) is 31.9. The highest BCUT2D eigenvalue weighted by molar-refractivity contribution is 5.94. The van der Waals surface area contributed by atoms with Crippen LogP contribution in [0.2, 0.25) is 0 Å². The van der Waals surface area contributed by atoms with Crippen LogP contribution < -0.4 is 5.73 Å². The third kappa shape index (κ3) is 1.29. The third-order valence-corrected chi connectivity index (χ3v) is 4.51. The van der Waals surface area contributed by atoms with Crippen molar-refractivity contribution in [3.63, 3.8) is 0 Å². The highest BCUT2D eigenvalue weighted by Crippen LogP contribution is 2.55. The van der Waals surface area contributed by atoms with Crippen LogP contribution in [0.4, 0.5) is 0 Å². The van der Waals surface area contributed by atoms with Crippen molar-refractivity contribution < 1.29 is 4.79 Å². The van der Waals surface area contributed by atoms with Crippen LogP contribution in [-0.4, -0.2) is 5.91 Å². The molecule has 2 N–H and O–H groups in total. The van der Waals surface area contributed by atoms with Gasteiger partial charge in [-0.05, 0) is 55.1 Å². The van der Waals surface area contributed by atoms with E-state index in [1.807, 2.05) is 18.2 Å². The van der Waals surface area contributed by atoms with Gasteiger partial charge in [-0.25, -0.2) is 0 Å². The molecular weight excluding hydrogens is 198 g/mol. The van der Waals surface area contributed by atoms with Crippen molar-refractivity contribution in [1.29, 1.82) is 0 Å². The molecule has 1 aromatic rings. The van der Waals surface area contributed by atoms with Gasteiger partial charge in [0.1, 0.15) is 0 Å². The Bertz CT molecular complexity index is 430. The van der Waals surface area contributed by atoms with Crippen LogP contribution in [0.15, 0.2) is 24.3 Å². The molecule has 0 atom stereocenters. The molecule has 2 aliphatic carbocycles. The van der Waals surface area contributed by atoms with Crippen molar-refractivity contribution >= 4 is 5.91 Å². The van der Waals surface area contributed by atoms with E-state index in [4.69, 9.17) is 5.73 Å². The maximum atomic E-state index is 11.5. The van der Waals surface area contributed by atoms with Crippen molar-refractivity contribution in [2.45, 2.75) is 37.5 Å². The first kappa shape index (κ1) is 9.88. The van der Waals surface area contributed by atoms with Gasteiger partial charge < -0.3 is 5.73 Å². The number of primary amides is 1. The average molecular weight is 215 g/mol. The van der Waals surface area contributed by atoms with Crippen molar-refractivity contribution in [3.05, 3.63) is 35.4 Å². The van der Waals surface area contributed by atoms with E-state index in [9.17, 15) is 4.79 Å². The second-order valence-corrected chi connectivity index (χ2v) is 5.34. The second kappa shape index (κ2) is 3.34. The Hall–Kier alpha value is -1.31. The Balaban J connectivity index is 2.09. The number of benzene rings is 1. The van der Waals surface area contributed by atoms with Gasteiger partial charge in [0.25, 0.3) is 0 Å². The average Bonchev–Trinajstić information content (AvgIpc) is 2.90. The first-order valence-electron chi connectivity index (χ1n) is 6.11. The lowest BCUT2D eigenvalue weighted by atomic mass is 9.75. The first-order chi connectivity index (χ1) is 7.71. The van der Waals surface area contributed by atoms with E-state index in [1.54, 1.807) is 0 Å². The van der Waals surface area contributed by atoms with Crippen LogP contribution in [0.5, 0.6) is 0 Å². The Morgan fingerprint density at radius 1 is 1.25 bits per heavy atom. The van der Waals surface area contributed by atoms with Crippen LogP contribution in [0.25, 0.3) is 0 Å². The molecule has 2 nitrogen and oxygen atoms in total. The molecule has 84 valence electrons. The monoisotopic (exact) mass is 215 g/mol. The van der Waals surface area contributed by atoms with Gasteiger partial charge in [-0.3, -0.25) is 4.79 Å². The molecule has 0 aliphatic heterocycles. The van der Waals surface area contributed by atoms with Gasteiger partial charge in [-0.15, -0.1) is 0 Å². The lowest BCUT2D eigenvalue weighted by Gasteiger charge is -2.28. The van der Waals surface area contributed by atoms with Crippen LogP contribution in [0.3, 0.4) is 0 Å². The van der Waals surface area contributed by atoms with Crippen LogP contribution in [0.1, 0.15) is 48.0 Å². The molecule has 0 spiro atoms. The molecule has 2 saturated carbocycles. The van der Waals surface area contributed by atoms with E-state index in [-0.39, 0.29) is 11.3 Å². The number of rotatable bonds is 2. The van der Waals surface area contributed by atoms with E-state index in [0.29, 0.717) is 0 Å². The van der Waals surface area contributed by atoms with E-state index < -0.39 is 0 Å². The van der Waals surface area contributed by atoms with Crippen LogP contribution in [0, 0.1) is 5.92 Å². The molecule has 2 heteroatoms. The van der Waals surface area contributed by atoms with Gasteiger partial charge in [0.05, 0.1) is 0 Å². The molecule has 0 heterocycles. The fourth-order valence-electron chi connectivity index (χ4n) is 3.73. The predicted molar refractivity (Wildman–Crippen MR) is 63.2 cm³/mol. The summed E-state index contributed by atoms with van der Waals surface area (Å²) >= 11 is 0. The maximum absolute atomic E-state index is 11.5. The fraction of sp³-hybridized carbons (Fsp3) is 0.500. The van der Waals surface area contributed by atoms with E-state index in [2.05, 4.69) is 6.07 Å². The summed E-state index contributed by atoms with van der Waals surface area (Å²) in [5.41, 5.74) is 7.70. The molecule has 16 heavy (non-hydrogen) atoms. The van der Waals surface area contributed by atoms with E-state index >= 15 is 0 Å². The zero-order chi connectivity index (χ0) is 11.2. The third-order valence-electron chi connectivity index (χ3n) is 4.51. The Labute approximate surface area is 95.8 Å². The molecule has 0 radical (unpaired) electrons. The molecule has 0 aromatic heterocycles. The van der Waals surface area contributed by atoms with Gasteiger partial charge in [-0.1, -0.05) is 18.2 Å². The summed E-state index contributed by atoms with van der Waals surface area (Å²) in [6.07, 6.45) is 6.39. The second-order valence-electron chi connectivity index (χ2n) is 5.34. The minimum Gasteiger partial charge on any atom is -0.366 e. The summed E-state index contributed by atoms with van der Waals surface area (Å²) in [5, 5.41) is 0. The predicted octanol–water partition coefficient (Wildman–Crippen LogP) is 2.62. The Morgan fingerprint density at radius 2 is 1.94 bits per heavy atom. The van der Waals surface area contributed by atoms with Gasteiger partial charge in [0.15, 0.2) is 0 Å². The van der Waals surface area contributed by atoms with Crippen molar-refractivity contribution in [3.8, 4) is 0 Å². The summed E-state index contributed by atoms with van der Waals surface area (Å²) in [6.45, 7) is 0. The Kier molecular flexibility index (Phi) is 2.06. The van der Waals surface area contributed by atoms with Gasteiger partial charge in [0.2, 0.25) is 5.91 Å². The lowest BCUT2D eigenvalue weighted by Crippen LogP contribution is -2.25. The lowest BCUT2D eigenvalue weighted by molar-refractivity contribution is 0.0997. The first-order valence-corrected chi connectivity index (χ1v) is 6.11. The van der Waals surface area contributed by atoms with Gasteiger partial charge in [0, 0.05) is 5.56 Å². The number of amides is 1. The molecule has 3 rings (SSSR count). The van der Waals surface area contributed by atoms with Gasteiger partial charge >= 0.3 is 0 Å². The molecule has 0 unspecified atom stereocenters. The van der Waals surface area contributed by atoms with Gasteiger partial charge in [-0.2, -0.15) is 0 Å². The topological polar surface area (TPSA) is 43.1 Å². The summed E-state index contributed by atoms with van der Waals surface area (Å²) in [7, 11) is 0. The summed E-state index contributed by atoms with van der Waals surface area (Å²) < 4.78 is 0. The standard InChI is InChI=1S/C14H17NO/c15-13(16)11-3-1-2-4-12(11)14-7-5-10(9-14)6-8-14/h1-4,10H,5-9H2,(H2,15,16). The zero-order valence-electron chi connectivity index (χ0n) is 9.41. The zero-order valence-corrected chi connectivity index (χ0v) is 9.41. The van der Waals surface area contributed by atoms with Crippen LogP contribution >= 0.6 is 0 Å². The highest BCUT2D eigenvalue weighted by atomic mass is 16.1. The largest absolute Gasteiger partial charge is 0.366 e. The molecule has 1 aromatic carbocycles. The fourth-order valence-corrected chi connectivity index (χ4v) is 3.73. The molecule has 1 amide bonds. The number of carbonyl (C=O) groups is 1. The molecule has 0 saturated heterocycles. The molecule has 2 aliphatic rings. The van der Waals surface area contributed by atoms with E-state index in [0.717, 1.165) is 11.5 Å². The number of fused-ring (bicyclic) bond motifs is 2. The minimum atomic E-state index is -0.277. The summed E-state index contributed by atoms with van der Waals surface area (Å²) in [5.74, 6) is 0.612. The smallest absolute Gasteiger partial charge is 0.248 e. The summed E-state index contributed by atoms with van der Waals surface area (Å²) in [6, 6.07) is 7.91. The van der Waals surface area contributed by atoms with Crippen LogP contribution in [-0.2, 0) is 5.41 Å². The Morgan fingerprint density at radius 3 is 2.50 bits per heavy atom. The van der Waals surface area contributed by atoms with Crippen molar-refractivity contribution in [1.82, 2.24) is 0 Å². The number of nitrogens with two attached hydrogens (primary N) is 1.